The van der Waals surface area contributed by atoms with Gasteiger partial charge in [0.1, 0.15) is 5.00 Å². The van der Waals surface area contributed by atoms with Crippen LogP contribution >= 0.6 is 11.5 Å². The third kappa shape index (κ3) is 1.99. The zero-order valence-electron chi connectivity index (χ0n) is 9.41. The Balaban J connectivity index is 2.00. The summed E-state index contributed by atoms with van der Waals surface area (Å²) in [5.74, 6) is 0.175. The van der Waals surface area contributed by atoms with Crippen molar-refractivity contribution < 1.29 is 8.42 Å². The number of aromatic nitrogens is 2. The third-order valence-electron chi connectivity index (χ3n) is 2.98. The van der Waals surface area contributed by atoms with Gasteiger partial charge in [-0.05, 0) is 18.1 Å². The summed E-state index contributed by atoms with van der Waals surface area (Å²) in [7, 11) is -3.12. The van der Waals surface area contributed by atoms with Crippen LogP contribution < -0.4 is 5.32 Å². The zero-order chi connectivity index (χ0) is 12.6. The lowest BCUT2D eigenvalue weighted by molar-refractivity contribution is 0.576. The quantitative estimate of drug-likeness (QED) is 0.909. The van der Waals surface area contributed by atoms with Crippen molar-refractivity contribution in [3.63, 3.8) is 0 Å². The van der Waals surface area contributed by atoms with Crippen LogP contribution in [0.2, 0.25) is 0 Å². The predicted octanol–water partition coefficient (Wildman–Crippen LogP) is 1.87. The number of sulfone groups is 1. The second-order valence-electron chi connectivity index (χ2n) is 4.12. The van der Waals surface area contributed by atoms with Crippen LogP contribution in [0, 0.1) is 0 Å². The molecule has 0 radical (unpaired) electrons. The SMILES string of the molecule is O=S1(=O)CCC(Nc2cnns2)c2ccccc21. The Hall–Kier alpha value is -1.47. The van der Waals surface area contributed by atoms with E-state index in [-0.39, 0.29) is 11.8 Å². The average Bonchev–Trinajstić information content (AvgIpc) is 2.86. The molecule has 5 nitrogen and oxygen atoms in total. The summed E-state index contributed by atoms with van der Waals surface area (Å²) in [5.41, 5.74) is 0.831. The molecule has 0 saturated carbocycles. The highest BCUT2D eigenvalue weighted by molar-refractivity contribution is 7.91. The van der Waals surface area contributed by atoms with Crippen molar-refractivity contribution in [3.8, 4) is 0 Å². The number of nitrogens with one attached hydrogen (secondary N) is 1. The van der Waals surface area contributed by atoms with Crippen molar-refractivity contribution in [1.29, 1.82) is 0 Å². The monoisotopic (exact) mass is 281 g/mol. The second-order valence-corrected chi connectivity index (χ2v) is 6.99. The summed E-state index contributed by atoms with van der Waals surface area (Å²) in [6, 6.07) is 7.15. The van der Waals surface area contributed by atoms with Crippen LogP contribution in [0.4, 0.5) is 5.00 Å². The number of hydrogen-bond donors (Lipinski definition) is 1. The van der Waals surface area contributed by atoms with Crippen molar-refractivity contribution in [1.82, 2.24) is 9.59 Å². The second kappa shape index (κ2) is 4.33. The molecular weight excluding hydrogens is 270 g/mol. The van der Waals surface area contributed by atoms with E-state index in [1.165, 1.54) is 11.5 Å². The first-order valence-electron chi connectivity index (χ1n) is 5.52. The van der Waals surface area contributed by atoms with E-state index in [0.717, 1.165) is 10.6 Å². The molecule has 0 fully saturated rings. The molecule has 1 aliphatic heterocycles. The van der Waals surface area contributed by atoms with Crippen LogP contribution in [-0.4, -0.2) is 23.8 Å². The smallest absolute Gasteiger partial charge is 0.178 e. The van der Waals surface area contributed by atoms with Gasteiger partial charge in [0.2, 0.25) is 0 Å². The molecule has 2 heterocycles. The normalized spacial score (nSPS) is 21.2. The Bertz CT molecular complexity index is 653. The van der Waals surface area contributed by atoms with Gasteiger partial charge in [0.05, 0.1) is 22.9 Å². The molecule has 3 rings (SSSR count). The molecule has 0 aliphatic carbocycles. The van der Waals surface area contributed by atoms with Crippen molar-refractivity contribution in [2.24, 2.45) is 0 Å². The van der Waals surface area contributed by atoms with E-state index in [4.69, 9.17) is 0 Å². The van der Waals surface area contributed by atoms with E-state index in [2.05, 4.69) is 14.9 Å². The van der Waals surface area contributed by atoms with Gasteiger partial charge in [-0.25, -0.2) is 8.42 Å². The van der Waals surface area contributed by atoms with Gasteiger partial charge in [-0.3, -0.25) is 0 Å². The molecule has 0 bridgehead atoms. The molecule has 0 amide bonds. The van der Waals surface area contributed by atoms with E-state index in [1.807, 2.05) is 12.1 Å². The molecule has 1 aromatic heterocycles. The molecular formula is C11H11N3O2S2. The van der Waals surface area contributed by atoms with E-state index >= 15 is 0 Å². The maximum absolute atomic E-state index is 12.0. The van der Waals surface area contributed by atoms with Gasteiger partial charge in [-0.2, -0.15) is 0 Å². The van der Waals surface area contributed by atoms with E-state index < -0.39 is 9.84 Å². The van der Waals surface area contributed by atoms with Crippen LogP contribution in [0.25, 0.3) is 0 Å². The van der Waals surface area contributed by atoms with Gasteiger partial charge in [0.15, 0.2) is 9.84 Å². The molecule has 1 aromatic carbocycles. The van der Waals surface area contributed by atoms with Gasteiger partial charge < -0.3 is 5.32 Å². The highest BCUT2D eigenvalue weighted by Crippen LogP contribution is 2.34. The summed E-state index contributed by atoms with van der Waals surface area (Å²) in [6.45, 7) is 0. The van der Waals surface area contributed by atoms with E-state index in [9.17, 15) is 8.42 Å². The number of benzene rings is 1. The molecule has 1 unspecified atom stereocenters. The Morgan fingerprint density at radius 1 is 1.33 bits per heavy atom. The fraction of sp³-hybridized carbons (Fsp3) is 0.273. The summed E-state index contributed by atoms with van der Waals surface area (Å²) in [6.07, 6.45) is 2.22. The average molecular weight is 281 g/mol. The van der Waals surface area contributed by atoms with Gasteiger partial charge in [0.25, 0.3) is 0 Å². The first kappa shape index (κ1) is 11.6. The van der Waals surface area contributed by atoms with Crippen molar-refractivity contribution in [2.75, 3.05) is 11.1 Å². The molecule has 0 spiro atoms. The number of hydrogen-bond acceptors (Lipinski definition) is 6. The summed E-state index contributed by atoms with van der Waals surface area (Å²) in [4.78, 5) is 0.436. The standard InChI is InChI=1S/C11H11N3O2S2/c15-18(16)6-5-9(13-11-7-12-14-17-11)8-3-1-2-4-10(8)18/h1-4,7,9,13H,5-6H2. The Kier molecular flexibility index (Phi) is 2.79. The van der Waals surface area contributed by atoms with Crippen LogP contribution in [0.15, 0.2) is 35.4 Å². The van der Waals surface area contributed by atoms with E-state index in [0.29, 0.717) is 11.3 Å². The van der Waals surface area contributed by atoms with Crippen LogP contribution in [-0.2, 0) is 9.84 Å². The molecule has 18 heavy (non-hydrogen) atoms. The fourth-order valence-electron chi connectivity index (χ4n) is 2.14. The summed E-state index contributed by atoms with van der Waals surface area (Å²) >= 11 is 1.27. The highest BCUT2D eigenvalue weighted by Gasteiger charge is 2.29. The van der Waals surface area contributed by atoms with Gasteiger partial charge in [-0.1, -0.05) is 22.7 Å². The van der Waals surface area contributed by atoms with Crippen LogP contribution in [0.1, 0.15) is 18.0 Å². The highest BCUT2D eigenvalue weighted by atomic mass is 32.2. The van der Waals surface area contributed by atoms with E-state index in [1.54, 1.807) is 18.3 Å². The lowest BCUT2D eigenvalue weighted by Gasteiger charge is -2.26. The predicted molar refractivity (Wildman–Crippen MR) is 69.4 cm³/mol. The third-order valence-corrected chi connectivity index (χ3v) is 5.39. The summed E-state index contributed by atoms with van der Waals surface area (Å²) < 4.78 is 27.7. The largest absolute Gasteiger partial charge is 0.367 e. The maximum Gasteiger partial charge on any atom is 0.178 e. The first-order valence-corrected chi connectivity index (χ1v) is 7.95. The number of rotatable bonds is 2. The zero-order valence-corrected chi connectivity index (χ0v) is 11.0. The number of fused-ring (bicyclic) bond motifs is 1. The van der Waals surface area contributed by atoms with Crippen LogP contribution in [0.3, 0.4) is 0 Å². The van der Waals surface area contributed by atoms with Crippen molar-refractivity contribution >= 4 is 26.4 Å². The van der Waals surface area contributed by atoms with Crippen molar-refractivity contribution in [2.45, 2.75) is 17.4 Å². The van der Waals surface area contributed by atoms with Gasteiger partial charge >= 0.3 is 0 Å². The Morgan fingerprint density at radius 3 is 2.94 bits per heavy atom. The molecule has 2 aromatic rings. The molecule has 0 saturated heterocycles. The molecule has 94 valence electrons. The lowest BCUT2D eigenvalue weighted by Crippen LogP contribution is -2.24. The Morgan fingerprint density at radius 2 is 2.17 bits per heavy atom. The topological polar surface area (TPSA) is 72.0 Å². The number of nitrogens with zero attached hydrogens (tertiary/aromatic N) is 2. The molecule has 1 N–H and O–H groups in total. The molecule has 7 heteroatoms. The van der Waals surface area contributed by atoms with Crippen LogP contribution in [0.5, 0.6) is 0 Å². The van der Waals surface area contributed by atoms with Gasteiger partial charge in [-0.15, -0.1) is 5.10 Å². The molecule has 1 atom stereocenters. The number of anilines is 1. The van der Waals surface area contributed by atoms with Gasteiger partial charge in [0, 0.05) is 11.5 Å². The first-order chi connectivity index (χ1) is 8.67. The minimum atomic E-state index is -3.12. The van der Waals surface area contributed by atoms with Crippen molar-refractivity contribution in [3.05, 3.63) is 36.0 Å². The minimum absolute atomic E-state index is 0.00646. The minimum Gasteiger partial charge on any atom is -0.367 e. The summed E-state index contributed by atoms with van der Waals surface area (Å²) in [5, 5.41) is 7.90. The fourth-order valence-corrected chi connectivity index (χ4v) is 4.24. The lowest BCUT2D eigenvalue weighted by atomic mass is 10.0. The molecule has 1 aliphatic rings. The Labute approximate surface area is 109 Å². The maximum atomic E-state index is 12.0.